The van der Waals surface area contributed by atoms with Crippen molar-refractivity contribution in [2.24, 2.45) is 0 Å². The second kappa shape index (κ2) is 6.64. The highest BCUT2D eigenvalue weighted by Gasteiger charge is 2.46. The summed E-state index contributed by atoms with van der Waals surface area (Å²) in [6, 6.07) is 0. The van der Waals surface area contributed by atoms with E-state index in [-0.39, 0.29) is 5.92 Å². The summed E-state index contributed by atoms with van der Waals surface area (Å²) in [6.07, 6.45) is 0.715. The first-order chi connectivity index (χ1) is 11.7. The van der Waals surface area contributed by atoms with Crippen LogP contribution in [0.5, 0.6) is 0 Å². The third-order valence-electron chi connectivity index (χ3n) is 4.80. The van der Waals surface area contributed by atoms with E-state index < -0.39 is 17.2 Å². The van der Waals surface area contributed by atoms with Gasteiger partial charge in [-0.25, -0.2) is 4.39 Å². The highest BCUT2D eigenvalue weighted by atomic mass is 19.1. The van der Waals surface area contributed by atoms with Gasteiger partial charge in [0.1, 0.15) is 5.60 Å². The van der Waals surface area contributed by atoms with Gasteiger partial charge in [0.05, 0.1) is 19.7 Å². The number of alkyl halides is 1. The average Bonchev–Trinajstić information content (AvgIpc) is 3.14. The number of hydrogen-bond donors (Lipinski definition) is 0. The van der Waals surface area contributed by atoms with Crippen molar-refractivity contribution in [3.05, 3.63) is 11.7 Å². The molecule has 0 aromatic carbocycles. The smallest absolute Gasteiger partial charge is 0.259 e. The molecule has 0 N–H and O–H groups in total. The zero-order valence-corrected chi connectivity index (χ0v) is 15.4. The number of likely N-dealkylation sites (tertiary alicyclic amines) is 1. The molecule has 2 fully saturated rings. The second-order valence-electron chi connectivity index (χ2n) is 7.89. The van der Waals surface area contributed by atoms with Gasteiger partial charge in [0.15, 0.2) is 11.5 Å². The molecule has 2 saturated heterocycles. The number of carbonyl (C=O) groups is 1. The van der Waals surface area contributed by atoms with Crippen molar-refractivity contribution in [3.8, 4) is 0 Å². The molecule has 0 saturated carbocycles. The fourth-order valence-electron chi connectivity index (χ4n) is 3.46. The molecule has 140 valence electrons. The largest absolute Gasteiger partial charge is 0.370 e. The minimum atomic E-state index is -1.85. The lowest BCUT2D eigenvalue weighted by Gasteiger charge is -2.40. The number of rotatable bonds is 4. The number of carbonyl (C=O) groups excluding carboxylic acids is 1. The molecule has 7 nitrogen and oxygen atoms in total. The fourth-order valence-corrected chi connectivity index (χ4v) is 3.46. The maximum Gasteiger partial charge on any atom is 0.259 e. The van der Waals surface area contributed by atoms with E-state index in [1.807, 2.05) is 13.8 Å². The van der Waals surface area contributed by atoms with Crippen LogP contribution >= 0.6 is 0 Å². The molecule has 0 bridgehead atoms. The summed E-state index contributed by atoms with van der Waals surface area (Å²) < 4.78 is 25.3. The number of hydrogen-bond acceptors (Lipinski definition) is 6. The van der Waals surface area contributed by atoms with E-state index in [0.717, 1.165) is 6.54 Å². The molecule has 8 heteroatoms. The Labute approximate surface area is 147 Å². The topological polar surface area (TPSA) is 71.7 Å². The van der Waals surface area contributed by atoms with Gasteiger partial charge < -0.3 is 14.2 Å². The molecule has 1 amide bonds. The second-order valence-corrected chi connectivity index (χ2v) is 7.89. The Kier molecular flexibility index (Phi) is 4.85. The molecule has 2 aliphatic heterocycles. The summed E-state index contributed by atoms with van der Waals surface area (Å²) in [5.41, 5.74) is -2.28. The molecular weight excluding hydrogens is 327 g/mol. The first-order valence-corrected chi connectivity index (χ1v) is 8.86. The van der Waals surface area contributed by atoms with Crippen LogP contribution in [0.3, 0.4) is 0 Å². The van der Waals surface area contributed by atoms with Gasteiger partial charge in [-0.2, -0.15) is 4.98 Å². The number of amides is 1. The van der Waals surface area contributed by atoms with Crippen molar-refractivity contribution in [1.29, 1.82) is 0 Å². The van der Waals surface area contributed by atoms with E-state index in [4.69, 9.17) is 9.26 Å². The highest BCUT2D eigenvalue weighted by Crippen LogP contribution is 2.31. The van der Waals surface area contributed by atoms with Gasteiger partial charge in [0, 0.05) is 25.6 Å². The Hall–Kier alpha value is -1.54. The normalized spacial score (nSPS) is 25.3. The third kappa shape index (κ3) is 4.00. The van der Waals surface area contributed by atoms with Crippen LogP contribution in [0.4, 0.5) is 4.39 Å². The molecule has 0 aliphatic carbocycles. The summed E-state index contributed by atoms with van der Waals surface area (Å²) in [5, 5.41) is 3.99. The molecule has 1 aromatic heterocycles. The summed E-state index contributed by atoms with van der Waals surface area (Å²) in [6.45, 7) is 10.2. The van der Waals surface area contributed by atoms with Crippen LogP contribution in [-0.2, 0) is 16.1 Å². The van der Waals surface area contributed by atoms with E-state index in [1.165, 1.54) is 13.8 Å². The van der Waals surface area contributed by atoms with Gasteiger partial charge in [0.2, 0.25) is 5.89 Å². The Balaban J connectivity index is 1.62. The van der Waals surface area contributed by atoms with Crippen LogP contribution < -0.4 is 0 Å². The molecule has 3 heterocycles. The number of halogens is 1. The lowest BCUT2D eigenvalue weighted by Crippen LogP contribution is -2.54. The Bertz CT molecular complexity index is 628. The first kappa shape index (κ1) is 18.3. The van der Waals surface area contributed by atoms with Crippen molar-refractivity contribution in [1.82, 2.24) is 19.9 Å². The summed E-state index contributed by atoms with van der Waals surface area (Å²) in [4.78, 5) is 20.4. The van der Waals surface area contributed by atoms with Crippen molar-refractivity contribution < 1.29 is 18.4 Å². The Morgan fingerprint density at radius 2 is 2.12 bits per heavy atom. The number of nitrogens with zero attached hydrogens (tertiary/aromatic N) is 4. The number of morpholine rings is 1. The van der Waals surface area contributed by atoms with Crippen molar-refractivity contribution in [2.75, 3.05) is 32.8 Å². The zero-order valence-electron chi connectivity index (χ0n) is 15.4. The van der Waals surface area contributed by atoms with Crippen LogP contribution in [0.15, 0.2) is 4.52 Å². The van der Waals surface area contributed by atoms with Crippen molar-refractivity contribution >= 4 is 5.91 Å². The molecular formula is C17H27FN4O3. The quantitative estimate of drug-likeness (QED) is 0.820. The fraction of sp³-hybridized carbons (Fsp3) is 0.824. The van der Waals surface area contributed by atoms with Gasteiger partial charge >= 0.3 is 0 Å². The lowest BCUT2D eigenvalue weighted by atomic mass is 10.0. The average molecular weight is 354 g/mol. The first-order valence-electron chi connectivity index (χ1n) is 8.86. The summed E-state index contributed by atoms with van der Waals surface area (Å²) in [5.74, 6) is 1.06. The predicted molar refractivity (Wildman–Crippen MR) is 88.7 cm³/mol. The molecule has 3 rings (SSSR count). The van der Waals surface area contributed by atoms with E-state index >= 15 is 0 Å². The number of aromatic nitrogens is 2. The van der Waals surface area contributed by atoms with Crippen LogP contribution in [0.2, 0.25) is 0 Å². The molecule has 0 radical (unpaired) electrons. The summed E-state index contributed by atoms with van der Waals surface area (Å²) in [7, 11) is 0. The van der Waals surface area contributed by atoms with Gasteiger partial charge in [-0.3, -0.25) is 9.69 Å². The van der Waals surface area contributed by atoms with E-state index in [2.05, 4.69) is 15.0 Å². The zero-order chi connectivity index (χ0) is 18.2. The summed E-state index contributed by atoms with van der Waals surface area (Å²) >= 11 is 0. The molecule has 1 spiro atoms. The van der Waals surface area contributed by atoms with Gasteiger partial charge in [-0.1, -0.05) is 19.0 Å². The standard InChI is InChI=1S/C17H27FN4O3/c1-12(2)14-19-13(25-20-14)9-21-7-8-24-17(10-21)5-6-22(11-17)15(23)16(3,4)18/h12H,5-11H2,1-4H3. The number of ether oxygens (including phenoxy) is 1. The SMILES string of the molecule is CC(C)c1noc(CN2CCOC3(CCN(C(=O)C(C)(C)F)C3)C2)n1. The predicted octanol–water partition coefficient (Wildman–Crippen LogP) is 1.74. The Morgan fingerprint density at radius 1 is 1.36 bits per heavy atom. The minimum absolute atomic E-state index is 0.229. The molecule has 25 heavy (non-hydrogen) atoms. The Morgan fingerprint density at radius 3 is 2.76 bits per heavy atom. The van der Waals surface area contributed by atoms with Crippen molar-refractivity contribution in [3.63, 3.8) is 0 Å². The van der Waals surface area contributed by atoms with E-state index in [1.54, 1.807) is 4.90 Å². The minimum Gasteiger partial charge on any atom is -0.370 e. The van der Waals surface area contributed by atoms with E-state index in [9.17, 15) is 9.18 Å². The van der Waals surface area contributed by atoms with Crippen LogP contribution in [0, 0.1) is 0 Å². The molecule has 1 unspecified atom stereocenters. The van der Waals surface area contributed by atoms with Crippen LogP contribution in [0.1, 0.15) is 51.7 Å². The van der Waals surface area contributed by atoms with Gasteiger partial charge in [-0.15, -0.1) is 0 Å². The monoisotopic (exact) mass is 354 g/mol. The third-order valence-corrected chi connectivity index (χ3v) is 4.80. The van der Waals surface area contributed by atoms with Crippen molar-refractivity contribution in [2.45, 2.75) is 57.8 Å². The molecule has 1 aromatic rings. The lowest BCUT2D eigenvalue weighted by molar-refractivity contribution is -0.144. The highest BCUT2D eigenvalue weighted by molar-refractivity contribution is 5.84. The van der Waals surface area contributed by atoms with Gasteiger partial charge in [-0.05, 0) is 20.3 Å². The van der Waals surface area contributed by atoms with E-state index in [0.29, 0.717) is 50.9 Å². The van der Waals surface area contributed by atoms with Crippen LogP contribution in [-0.4, -0.2) is 69.9 Å². The molecule has 2 aliphatic rings. The maximum absolute atomic E-state index is 14.0. The maximum atomic E-state index is 14.0. The van der Waals surface area contributed by atoms with Crippen LogP contribution in [0.25, 0.3) is 0 Å². The van der Waals surface area contributed by atoms with Gasteiger partial charge in [0.25, 0.3) is 5.91 Å². The molecule has 1 atom stereocenters.